The lowest BCUT2D eigenvalue weighted by Gasteiger charge is -2.30. The summed E-state index contributed by atoms with van der Waals surface area (Å²) in [4.78, 5) is 27.2. The predicted molar refractivity (Wildman–Crippen MR) is 84.1 cm³/mol. The van der Waals surface area contributed by atoms with Gasteiger partial charge in [-0.25, -0.2) is 0 Å². The third-order valence-corrected chi connectivity index (χ3v) is 5.32. The van der Waals surface area contributed by atoms with E-state index in [2.05, 4.69) is 4.90 Å². The minimum absolute atomic E-state index is 0.124. The molecule has 21 heavy (non-hydrogen) atoms. The summed E-state index contributed by atoms with van der Waals surface area (Å²) >= 11 is 1.33. The highest BCUT2D eigenvalue weighted by molar-refractivity contribution is 8.13. The van der Waals surface area contributed by atoms with Crippen LogP contribution in [0.4, 0.5) is 0 Å². The van der Waals surface area contributed by atoms with Crippen LogP contribution in [-0.2, 0) is 9.59 Å². The number of piperidine rings is 1. The van der Waals surface area contributed by atoms with Crippen LogP contribution in [0, 0.1) is 5.92 Å². The molecule has 2 aliphatic rings. The number of nitrogens with zero attached hydrogens (tertiary/aromatic N) is 2. The summed E-state index contributed by atoms with van der Waals surface area (Å²) in [6.45, 7) is 6.13. The van der Waals surface area contributed by atoms with E-state index in [9.17, 15) is 14.7 Å². The first-order chi connectivity index (χ1) is 10.0. The van der Waals surface area contributed by atoms with E-state index >= 15 is 0 Å². The van der Waals surface area contributed by atoms with Crippen molar-refractivity contribution in [2.45, 2.75) is 38.7 Å². The summed E-state index contributed by atoms with van der Waals surface area (Å²) in [5.74, 6) is 1.33. The average molecular weight is 314 g/mol. The maximum atomic E-state index is 11.9. The lowest BCUT2D eigenvalue weighted by molar-refractivity contribution is -0.127. The zero-order valence-electron chi connectivity index (χ0n) is 12.8. The summed E-state index contributed by atoms with van der Waals surface area (Å²) in [6.07, 6.45) is 3.20. The topological polar surface area (TPSA) is 60.9 Å². The van der Waals surface area contributed by atoms with Crippen LogP contribution >= 0.6 is 11.8 Å². The molecule has 1 N–H and O–H groups in total. The number of carbonyl (C=O) groups is 2. The van der Waals surface area contributed by atoms with Gasteiger partial charge >= 0.3 is 0 Å². The second kappa shape index (κ2) is 8.15. The van der Waals surface area contributed by atoms with Crippen LogP contribution in [0.2, 0.25) is 0 Å². The minimum Gasteiger partial charge on any atom is -0.393 e. The lowest BCUT2D eigenvalue weighted by atomic mass is 10.1. The van der Waals surface area contributed by atoms with Gasteiger partial charge in [0.2, 0.25) is 5.91 Å². The Kier molecular flexibility index (Phi) is 6.51. The molecular formula is C15H26N2O3S. The van der Waals surface area contributed by atoms with Crippen molar-refractivity contribution in [1.82, 2.24) is 9.80 Å². The summed E-state index contributed by atoms with van der Waals surface area (Å²) < 4.78 is 0. The standard InChI is InChI=1S/C15H26N2O3S/c1-12(18)21-11-13-9-15(20)17(10-13)6-2-5-16-7-3-14(19)4-8-16/h13-14,19H,2-11H2,1H3. The molecule has 2 heterocycles. The van der Waals surface area contributed by atoms with Crippen LogP contribution in [0.5, 0.6) is 0 Å². The molecule has 0 bridgehead atoms. The van der Waals surface area contributed by atoms with Crippen molar-refractivity contribution in [3.8, 4) is 0 Å². The number of carbonyl (C=O) groups excluding carboxylic acids is 2. The van der Waals surface area contributed by atoms with Gasteiger partial charge in [0.1, 0.15) is 0 Å². The van der Waals surface area contributed by atoms with Gasteiger partial charge in [0, 0.05) is 45.3 Å². The highest BCUT2D eigenvalue weighted by atomic mass is 32.2. The van der Waals surface area contributed by atoms with Crippen LogP contribution in [0.3, 0.4) is 0 Å². The Bertz CT molecular complexity index is 370. The molecule has 2 fully saturated rings. The van der Waals surface area contributed by atoms with Gasteiger partial charge in [0.05, 0.1) is 6.10 Å². The Hall–Kier alpha value is -0.590. The fourth-order valence-corrected chi connectivity index (χ4v) is 3.74. The van der Waals surface area contributed by atoms with Crippen molar-refractivity contribution in [2.75, 3.05) is 38.5 Å². The second-order valence-electron chi connectivity index (χ2n) is 6.14. The number of aliphatic hydroxyl groups excluding tert-OH is 1. The van der Waals surface area contributed by atoms with Crippen LogP contribution in [0.25, 0.3) is 0 Å². The fourth-order valence-electron chi connectivity index (χ4n) is 3.05. The van der Waals surface area contributed by atoms with E-state index in [4.69, 9.17) is 0 Å². The van der Waals surface area contributed by atoms with E-state index in [1.54, 1.807) is 6.92 Å². The van der Waals surface area contributed by atoms with Crippen LogP contribution < -0.4 is 0 Å². The Morgan fingerprint density at radius 1 is 1.33 bits per heavy atom. The number of thioether (sulfide) groups is 1. The molecule has 0 radical (unpaired) electrons. The minimum atomic E-state index is -0.124. The van der Waals surface area contributed by atoms with E-state index in [0.29, 0.717) is 12.3 Å². The van der Waals surface area contributed by atoms with Crippen molar-refractivity contribution in [1.29, 1.82) is 0 Å². The van der Waals surface area contributed by atoms with Crippen LogP contribution in [0.1, 0.15) is 32.6 Å². The smallest absolute Gasteiger partial charge is 0.222 e. The number of aliphatic hydroxyl groups is 1. The van der Waals surface area contributed by atoms with Gasteiger partial charge in [-0.2, -0.15) is 0 Å². The largest absolute Gasteiger partial charge is 0.393 e. The van der Waals surface area contributed by atoms with E-state index in [0.717, 1.165) is 57.7 Å². The monoisotopic (exact) mass is 314 g/mol. The highest BCUT2D eigenvalue weighted by Crippen LogP contribution is 2.22. The molecule has 0 spiro atoms. The number of amides is 1. The Balaban J connectivity index is 1.62. The molecule has 0 aromatic carbocycles. The third kappa shape index (κ3) is 5.60. The molecule has 2 aliphatic heterocycles. The van der Waals surface area contributed by atoms with Gasteiger partial charge in [-0.3, -0.25) is 9.59 Å². The molecule has 0 aromatic heterocycles. The van der Waals surface area contributed by atoms with E-state index in [-0.39, 0.29) is 17.1 Å². The van der Waals surface area contributed by atoms with Crippen molar-refractivity contribution >= 4 is 22.8 Å². The Labute approximate surface area is 131 Å². The van der Waals surface area contributed by atoms with E-state index in [1.807, 2.05) is 4.90 Å². The van der Waals surface area contributed by atoms with Crippen LogP contribution in [0.15, 0.2) is 0 Å². The number of hydrogen-bond donors (Lipinski definition) is 1. The van der Waals surface area contributed by atoms with Gasteiger partial charge in [0.15, 0.2) is 5.12 Å². The normalized spacial score (nSPS) is 24.8. The molecule has 120 valence electrons. The molecule has 1 amide bonds. The highest BCUT2D eigenvalue weighted by Gasteiger charge is 2.29. The molecule has 6 heteroatoms. The maximum absolute atomic E-state index is 11.9. The number of likely N-dealkylation sites (tertiary alicyclic amines) is 2. The molecule has 2 rings (SSSR count). The van der Waals surface area contributed by atoms with Gasteiger partial charge in [-0.1, -0.05) is 11.8 Å². The van der Waals surface area contributed by atoms with E-state index in [1.165, 1.54) is 11.8 Å². The van der Waals surface area contributed by atoms with Gasteiger partial charge in [-0.05, 0) is 31.7 Å². The second-order valence-corrected chi connectivity index (χ2v) is 7.34. The predicted octanol–water partition coefficient (Wildman–Crippen LogP) is 0.961. The molecule has 0 aromatic rings. The average Bonchev–Trinajstić information content (AvgIpc) is 2.79. The number of hydrogen-bond acceptors (Lipinski definition) is 5. The zero-order valence-corrected chi connectivity index (χ0v) is 13.6. The third-order valence-electron chi connectivity index (χ3n) is 4.28. The van der Waals surface area contributed by atoms with Crippen molar-refractivity contribution in [3.05, 3.63) is 0 Å². The first-order valence-corrected chi connectivity index (χ1v) is 8.84. The fraction of sp³-hybridized carbons (Fsp3) is 0.867. The molecule has 2 saturated heterocycles. The van der Waals surface area contributed by atoms with Gasteiger partial charge < -0.3 is 14.9 Å². The Morgan fingerprint density at radius 3 is 2.71 bits per heavy atom. The zero-order chi connectivity index (χ0) is 15.2. The molecule has 0 aliphatic carbocycles. The summed E-state index contributed by atoms with van der Waals surface area (Å²) in [5, 5.41) is 9.61. The number of rotatable bonds is 6. The van der Waals surface area contributed by atoms with Crippen molar-refractivity contribution in [3.63, 3.8) is 0 Å². The summed E-state index contributed by atoms with van der Waals surface area (Å²) in [6, 6.07) is 0. The first-order valence-electron chi connectivity index (χ1n) is 7.86. The summed E-state index contributed by atoms with van der Waals surface area (Å²) in [5.41, 5.74) is 0. The molecule has 1 atom stereocenters. The SMILES string of the molecule is CC(=O)SCC1CC(=O)N(CCCN2CCC(O)CC2)C1. The van der Waals surface area contributed by atoms with Crippen molar-refractivity contribution in [2.24, 2.45) is 5.92 Å². The quantitative estimate of drug-likeness (QED) is 0.791. The molecular weight excluding hydrogens is 288 g/mol. The molecule has 1 unspecified atom stereocenters. The van der Waals surface area contributed by atoms with Gasteiger partial charge in [0.25, 0.3) is 0 Å². The summed E-state index contributed by atoms with van der Waals surface area (Å²) in [7, 11) is 0. The van der Waals surface area contributed by atoms with Gasteiger partial charge in [-0.15, -0.1) is 0 Å². The molecule has 0 saturated carbocycles. The first kappa shape index (κ1) is 16.8. The van der Waals surface area contributed by atoms with Crippen molar-refractivity contribution < 1.29 is 14.7 Å². The maximum Gasteiger partial charge on any atom is 0.222 e. The molecule has 5 nitrogen and oxygen atoms in total. The van der Waals surface area contributed by atoms with E-state index < -0.39 is 0 Å². The Morgan fingerprint density at radius 2 is 2.05 bits per heavy atom. The lowest BCUT2D eigenvalue weighted by Crippen LogP contribution is -2.38. The van der Waals surface area contributed by atoms with Crippen LogP contribution in [-0.4, -0.2) is 70.5 Å².